The second-order valence-corrected chi connectivity index (χ2v) is 8.32. The van der Waals surface area contributed by atoms with E-state index in [9.17, 15) is 9.90 Å². The molecule has 2 aliphatic heterocycles. The molecule has 0 aliphatic carbocycles. The summed E-state index contributed by atoms with van der Waals surface area (Å²) in [6.45, 7) is 8.13. The molecule has 2 aliphatic rings. The Hall–Kier alpha value is -1.31. The van der Waals surface area contributed by atoms with Crippen LogP contribution in [-0.4, -0.2) is 71.9 Å². The normalized spacial score (nSPS) is 26.3. The van der Waals surface area contributed by atoms with Crippen LogP contribution in [0.5, 0.6) is 5.75 Å². The van der Waals surface area contributed by atoms with Crippen LogP contribution in [-0.2, 0) is 6.42 Å². The van der Waals surface area contributed by atoms with E-state index < -0.39 is 6.09 Å². The maximum Gasteiger partial charge on any atom is 0.407 e. The van der Waals surface area contributed by atoms with Gasteiger partial charge in [-0.2, -0.15) is 0 Å². The van der Waals surface area contributed by atoms with Crippen molar-refractivity contribution < 1.29 is 14.6 Å². The Bertz CT molecular complexity index is 642. The fraction of sp³-hybridized carbons (Fsp3) is 0.632. The van der Waals surface area contributed by atoms with E-state index in [4.69, 9.17) is 4.74 Å². The number of benzene rings is 1. The molecule has 3 atom stereocenters. The second-order valence-electron chi connectivity index (χ2n) is 7.40. The highest BCUT2D eigenvalue weighted by Gasteiger charge is 2.31. The van der Waals surface area contributed by atoms with Gasteiger partial charge in [0.25, 0.3) is 0 Å². The highest BCUT2D eigenvalue weighted by molar-refractivity contribution is 9.10. The van der Waals surface area contributed by atoms with Crippen LogP contribution >= 0.6 is 15.9 Å². The zero-order chi connectivity index (χ0) is 18.7. The Balaban J connectivity index is 1.40. The monoisotopic (exact) mass is 425 g/mol. The van der Waals surface area contributed by atoms with Crippen molar-refractivity contribution in [2.75, 3.05) is 32.8 Å². The van der Waals surface area contributed by atoms with Crippen molar-refractivity contribution in [3.05, 3.63) is 28.2 Å². The minimum atomic E-state index is -0.810. The third kappa shape index (κ3) is 4.69. The summed E-state index contributed by atoms with van der Waals surface area (Å²) in [5, 5.41) is 12.8. The zero-order valence-electron chi connectivity index (χ0n) is 15.4. The molecule has 1 aromatic carbocycles. The van der Waals surface area contributed by atoms with Gasteiger partial charge in [-0.1, -0.05) is 15.9 Å². The van der Waals surface area contributed by atoms with Crippen molar-refractivity contribution in [3.63, 3.8) is 0 Å². The van der Waals surface area contributed by atoms with E-state index in [1.54, 1.807) is 4.90 Å². The Kier molecular flexibility index (Phi) is 6.42. The van der Waals surface area contributed by atoms with E-state index in [0.29, 0.717) is 19.2 Å². The molecular weight excluding hydrogens is 398 g/mol. The first-order valence-electron chi connectivity index (χ1n) is 9.32. The fourth-order valence-electron chi connectivity index (χ4n) is 3.86. The molecule has 1 aromatic rings. The van der Waals surface area contributed by atoms with Crippen LogP contribution in [0.25, 0.3) is 0 Å². The smallest absolute Gasteiger partial charge is 0.407 e. The van der Waals surface area contributed by atoms with E-state index in [0.717, 1.165) is 42.7 Å². The Labute approximate surface area is 163 Å². The molecular formula is C19H28BrN3O3. The van der Waals surface area contributed by atoms with Gasteiger partial charge in [-0.15, -0.1) is 0 Å². The lowest BCUT2D eigenvalue weighted by Gasteiger charge is -2.42. The number of piperazine rings is 1. The first-order chi connectivity index (χ1) is 12.4. The van der Waals surface area contributed by atoms with Crippen LogP contribution in [0.2, 0.25) is 0 Å². The summed E-state index contributed by atoms with van der Waals surface area (Å²) in [4.78, 5) is 15.2. The van der Waals surface area contributed by atoms with Crippen molar-refractivity contribution in [2.45, 2.75) is 44.8 Å². The molecule has 0 aromatic heterocycles. The van der Waals surface area contributed by atoms with Crippen LogP contribution in [0, 0.1) is 0 Å². The number of hydrogen-bond donors (Lipinski definition) is 2. The summed E-state index contributed by atoms with van der Waals surface area (Å²) in [5.41, 5.74) is 1.25. The molecule has 2 N–H and O–H groups in total. The van der Waals surface area contributed by atoms with Gasteiger partial charge in [0.05, 0.1) is 0 Å². The molecule has 1 amide bonds. The molecule has 2 heterocycles. The van der Waals surface area contributed by atoms with Gasteiger partial charge in [0.1, 0.15) is 12.4 Å². The third-order valence-corrected chi connectivity index (χ3v) is 5.84. The summed E-state index contributed by atoms with van der Waals surface area (Å²) >= 11 is 3.52. The van der Waals surface area contributed by atoms with Gasteiger partial charge in [-0.25, -0.2) is 4.79 Å². The summed E-state index contributed by atoms with van der Waals surface area (Å²) in [6.07, 6.45) is 1.22. The number of amides is 1. The van der Waals surface area contributed by atoms with E-state index in [2.05, 4.69) is 39.1 Å². The molecule has 3 rings (SSSR count). The number of nitrogens with zero attached hydrogens (tertiary/aromatic N) is 2. The minimum Gasteiger partial charge on any atom is -0.492 e. The Morgan fingerprint density at radius 2 is 2.15 bits per heavy atom. The predicted octanol–water partition coefficient (Wildman–Crippen LogP) is 2.80. The van der Waals surface area contributed by atoms with E-state index >= 15 is 0 Å². The zero-order valence-corrected chi connectivity index (χ0v) is 17.0. The minimum absolute atomic E-state index is 0.0540. The van der Waals surface area contributed by atoms with Crippen LogP contribution in [0.1, 0.15) is 25.8 Å². The molecule has 1 unspecified atom stereocenters. The second kappa shape index (κ2) is 8.59. The van der Waals surface area contributed by atoms with Gasteiger partial charge in [-0.05, 0) is 63.5 Å². The molecule has 0 saturated carbocycles. The molecule has 144 valence electrons. The number of carbonyl (C=O) groups is 1. The molecule has 26 heavy (non-hydrogen) atoms. The average Bonchev–Trinajstić information content (AvgIpc) is 2.60. The van der Waals surface area contributed by atoms with Gasteiger partial charge in [0, 0.05) is 35.7 Å². The lowest BCUT2D eigenvalue weighted by atomic mass is 10.0. The van der Waals surface area contributed by atoms with Gasteiger partial charge >= 0.3 is 6.09 Å². The number of hydrogen-bond acceptors (Lipinski definition) is 4. The van der Waals surface area contributed by atoms with Crippen LogP contribution < -0.4 is 10.1 Å². The van der Waals surface area contributed by atoms with E-state index in [1.165, 1.54) is 5.56 Å². The fourth-order valence-corrected chi connectivity index (χ4v) is 4.27. The van der Waals surface area contributed by atoms with Crippen molar-refractivity contribution in [1.82, 2.24) is 15.1 Å². The molecule has 0 radical (unpaired) electrons. The first kappa shape index (κ1) is 19.5. The van der Waals surface area contributed by atoms with Gasteiger partial charge in [-0.3, -0.25) is 4.90 Å². The number of fused-ring (bicyclic) bond motifs is 1. The SMILES string of the molecule is C[C@@H]1CN(C(=O)O)[C@@H](C)CN1CCCNC1COc2ccc(Br)cc2C1. The van der Waals surface area contributed by atoms with Crippen molar-refractivity contribution in [2.24, 2.45) is 0 Å². The largest absolute Gasteiger partial charge is 0.492 e. The Morgan fingerprint density at radius 3 is 2.92 bits per heavy atom. The maximum atomic E-state index is 11.2. The molecule has 0 bridgehead atoms. The predicted molar refractivity (Wildman–Crippen MR) is 105 cm³/mol. The lowest BCUT2D eigenvalue weighted by Crippen LogP contribution is -2.58. The number of nitrogens with one attached hydrogen (secondary N) is 1. The number of carboxylic acid groups (broad SMARTS) is 1. The third-order valence-electron chi connectivity index (χ3n) is 5.34. The topological polar surface area (TPSA) is 65.0 Å². The van der Waals surface area contributed by atoms with Crippen molar-refractivity contribution >= 4 is 22.0 Å². The first-order valence-corrected chi connectivity index (χ1v) is 10.1. The molecule has 7 heteroatoms. The quantitative estimate of drug-likeness (QED) is 0.709. The highest BCUT2D eigenvalue weighted by Crippen LogP contribution is 2.27. The molecule has 0 spiro atoms. The summed E-state index contributed by atoms with van der Waals surface area (Å²) in [5.74, 6) is 0.991. The number of ether oxygens (including phenoxy) is 1. The summed E-state index contributed by atoms with van der Waals surface area (Å²) in [7, 11) is 0. The van der Waals surface area contributed by atoms with Crippen LogP contribution in [0.3, 0.4) is 0 Å². The van der Waals surface area contributed by atoms with Gasteiger partial charge in [0.15, 0.2) is 0 Å². The number of halogens is 1. The van der Waals surface area contributed by atoms with Gasteiger partial charge < -0.3 is 20.1 Å². The lowest BCUT2D eigenvalue weighted by molar-refractivity contribution is 0.0431. The molecule has 6 nitrogen and oxygen atoms in total. The number of rotatable bonds is 5. The Morgan fingerprint density at radius 1 is 1.35 bits per heavy atom. The van der Waals surface area contributed by atoms with Crippen LogP contribution in [0.4, 0.5) is 4.79 Å². The van der Waals surface area contributed by atoms with E-state index in [-0.39, 0.29) is 12.1 Å². The standard InChI is InChI=1S/C19H28BrN3O3/c1-13-11-23(19(24)25)14(2)10-22(13)7-3-6-21-17-9-15-8-16(20)4-5-18(15)26-12-17/h4-5,8,13-14,17,21H,3,6-7,9-12H2,1-2H3,(H,24,25)/t13-,14+,17?/m1/s1. The van der Waals surface area contributed by atoms with Crippen molar-refractivity contribution in [3.8, 4) is 5.75 Å². The molecule has 1 fully saturated rings. The summed E-state index contributed by atoms with van der Waals surface area (Å²) in [6, 6.07) is 6.84. The van der Waals surface area contributed by atoms with E-state index in [1.807, 2.05) is 19.1 Å². The van der Waals surface area contributed by atoms with Crippen molar-refractivity contribution in [1.29, 1.82) is 0 Å². The molecule has 1 saturated heterocycles. The summed E-state index contributed by atoms with van der Waals surface area (Å²) < 4.78 is 6.94. The van der Waals surface area contributed by atoms with Gasteiger partial charge in [0.2, 0.25) is 0 Å². The highest BCUT2D eigenvalue weighted by atomic mass is 79.9. The average molecular weight is 426 g/mol. The maximum absolute atomic E-state index is 11.2. The van der Waals surface area contributed by atoms with Crippen LogP contribution in [0.15, 0.2) is 22.7 Å².